The molecular weight excluding hydrogens is 266 g/mol. The molecular formula is C13H22BrNO. The number of halogens is 1. The highest BCUT2D eigenvalue weighted by Gasteiger charge is 2.11. The molecule has 2 atom stereocenters. The minimum absolute atomic E-state index is 0.451. The van der Waals surface area contributed by atoms with Crippen molar-refractivity contribution < 1.29 is 4.42 Å². The van der Waals surface area contributed by atoms with E-state index in [0.29, 0.717) is 12.1 Å². The van der Waals surface area contributed by atoms with Crippen LogP contribution in [0.25, 0.3) is 0 Å². The molecule has 1 aromatic heterocycles. The van der Waals surface area contributed by atoms with E-state index in [9.17, 15) is 0 Å². The number of furan rings is 1. The number of rotatable bonds is 6. The monoisotopic (exact) mass is 287 g/mol. The van der Waals surface area contributed by atoms with Gasteiger partial charge in [-0.3, -0.25) is 0 Å². The molecule has 1 N–H and O–H groups in total. The number of nitrogens with one attached hydrogen (secondary N) is 1. The Hall–Kier alpha value is -0.280. The SMILES string of the molecule is CC(C)C[C@@H](C)N[C@H](C)Cc1ccc(Br)o1. The van der Waals surface area contributed by atoms with Gasteiger partial charge in [-0.05, 0) is 54.2 Å². The van der Waals surface area contributed by atoms with Gasteiger partial charge < -0.3 is 9.73 Å². The van der Waals surface area contributed by atoms with Crippen molar-refractivity contribution in [1.29, 1.82) is 0 Å². The maximum absolute atomic E-state index is 5.49. The first-order valence-corrected chi connectivity index (χ1v) is 6.77. The van der Waals surface area contributed by atoms with Crippen LogP contribution in [0.4, 0.5) is 0 Å². The molecule has 0 fully saturated rings. The van der Waals surface area contributed by atoms with E-state index in [1.54, 1.807) is 0 Å². The van der Waals surface area contributed by atoms with Crippen molar-refractivity contribution >= 4 is 15.9 Å². The zero-order valence-corrected chi connectivity index (χ0v) is 12.2. The van der Waals surface area contributed by atoms with Gasteiger partial charge in [-0.1, -0.05) is 13.8 Å². The molecule has 1 heterocycles. The zero-order valence-electron chi connectivity index (χ0n) is 10.6. The summed E-state index contributed by atoms with van der Waals surface area (Å²) in [5.74, 6) is 1.77. The zero-order chi connectivity index (χ0) is 12.1. The molecule has 0 aliphatic heterocycles. The topological polar surface area (TPSA) is 25.2 Å². The quantitative estimate of drug-likeness (QED) is 0.856. The smallest absolute Gasteiger partial charge is 0.169 e. The highest BCUT2D eigenvalue weighted by molar-refractivity contribution is 9.10. The fourth-order valence-electron chi connectivity index (χ4n) is 2.08. The predicted octanol–water partition coefficient (Wildman–Crippen LogP) is 4.00. The van der Waals surface area contributed by atoms with Crippen LogP contribution in [0.1, 0.15) is 39.9 Å². The van der Waals surface area contributed by atoms with Gasteiger partial charge in [0.2, 0.25) is 0 Å². The molecule has 92 valence electrons. The molecule has 3 heteroatoms. The lowest BCUT2D eigenvalue weighted by Gasteiger charge is -2.20. The summed E-state index contributed by atoms with van der Waals surface area (Å²) in [6, 6.07) is 4.98. The molecule has 16 heavy (non-hydrogen) atoms. The van der Waals surface area contributed by atoms with Gasteiger partial charge in [0.25, 0.3) is 0 Å². The Kier molecular flexibility index (Phi) is 5.56. The first kappa shape index (κ1) is 13.8. The second-order valence-electron chi connectivity index (χ2n) is 5.01. The molecule has 1 rings (SSSR count). The lowest BCUT2D eigenvalue weighted by Crippen LogP contribution is -2.36. The van der Waals surface area contributed by atoms with Crippen LogP contribution >= 0.6 is 15.9 Å². The molecule has 0 spiro atoms. The van der Waals surface area contributed by atoms with Crippen LogP contribution in [-0.2, 0) is 6.42 Å². The van der Waals surface area contributed by atoms with Crippen LogP contribution in [0, 0.1) is 5.92 Å². The van der Waals surface area contributed by atoms with Gasteiger partial charge in [0.1, 0.15) is 5.76 Å². The fraction of sp³-hybridized carbons (Fsp3) is 0.692. The lowest BCUT2D eigenvalue weighted by atomic mass is 10.0. The van der Waals surface area contributed by atoms with Crippen molar-refractivity contribution in [3.05, 3.63) is 22.6 Å². The summed E-state index contributed by atoms with van der Waals surface area (Å²) in [7, 11) is 0. The highest BCUT2D eigenvalue weighted by Crippen LogP contribution is 2.15. The normalized spacial score (nSPS) is 15.4. The third-order valence-electron chi connectivity index (χ3n) is 2.53. The summed E-state index contributed by atoms with van der Waals surface area (Å²) in [4.78, 5) is 0. The fourth-order valence-corrected chi connectivity index (χ4v) is 2.42. The van der Waals surface area contributed by atoms with E-state index in [1.165, 1.54) is 6.42 Å². The summed E-state index contributed by atoms with van der Waals surface area (Å²) >= 11 is 3.32. The van der Waals surface area contributed by atoms with Crippen LogP contribution in [-0.4, -0.2) is 12.1 Å². The largest absolute Gasteiger partial charge is 0.454 e. The van der Waals surface area contributed by atoms with Crippen LogP contribution in [0.5, 0.6) is 0 Å². The molecule has 0 bridgehead atoms. The lowest BCUT2D eigenvalue weighted by molar-refractivity contribution is 0.380. The number of hydrogen-bond donors (Lipinski definition) is 1. The van der Waals surface area contributed by atoms with Gasteiger partial charge >= 0.3 is 0 Å². The van der Waals surface area contributed by atoms with Gasteiger partial charge in [-0.2, -0.15) is 0 Å². The van der Waals surface area contributed by atoms with Crippen LogP contribution in [0.15, 0.2) is 21.2 Å². The molecule has 0 unspecified atom stereocenters. The van der Waals surface area contributed by atoms with Crippen molar-refractivity contribution in [2.45, 2.75) is 52.6 Å². The number of hydrogen-bond acceptors (Lipinski definition) is 2. The van der Waals surface area contributed by atoms with E-state index in [-0.39, 0.29) is 0 Å². The van der Waals surface area contributed by atoms with E-state index >= 15 is 0 Å². The Morgan fingerprint density at radius 3 is 2.38 bits per heavy atom. The van der Waals surface area contributed by atoms with Crippen LogP contribution < -0.4 is 5.32 Å². The Labute approximate surface area is 107 Å². The summed E-state index contributed by atoms with van der Waals surface area (Å²) in [5, 5.41) is 3.59. The van der Waals surface area contributed by atoms with E-state index in [0.717, 1.165) is 22.8 Å². The first-order valence-electron chi connectivity index (χ1n) is 5.97. The molecule has 0 saturated heterocycles. The Morgan fingerprint density at radius 2 is 1.88 bits per heavy atom. The molecule has 0 amide bonds. The Bertz CT molecular complexity index is 309. The highest BCUT2D eigenvalue weighted by atomic mass is 79.9. The maximum atomic E-state index is 5.49. The minimum atomic E-state index is 0.451. The van der Waals surface area contributed by atoms with E-state index < -0.39 is 0 Å². The van der Waals surface area contributed by atoms with E-state index in [2.05, 4.69) is 48.9 Å². The second-order valence-corrected chi connectivity index (χ2v) is 5.79. The van der Waals surface area contributed by atoms with Gasteiger partial charge in [-0.25, -0.2) is 0 Å². The standard InChI is InChI=1S/C13H22BrNO/c1-9(2)7-10(3)15-11(4)8-12-5-6-13(14)16-12/h5-6,9-11,15H,7-8H2,1-4H3/t10-,11-/m1/s1. The van der Waals surface area contributed by atoms with Crippen molar-refractivity contribution in [3.8, 4) is 0 Å². The minimum Gasteiger partial charge on any atom is -0.454 e. The average molecular weight is 288 g/mol. The summed E-state index contributed by atoms with van der Waals surface area (Å²) in [5.41, 5.74) is 0. The van der Waals surface area contributed by atoms with Crippen molar-refractivity contribution in [2.75, 3.05) is 0 Å². The molecule has 1 aromatic rings. The average Bonchev–Trinajstić information content (AvgIpc) is 2.48. The Balaban J connectivity index is 2.32. The van der Waals surface area contributed by atoms with Crippen LogP contribution in [0.2, 0.25) is 0 Å². The molecule has 0 aromatic carbocycles. The summed E-state index contributed by atoms with van der Waals surface area (Å²) < 4.78 is 6.30. The van der Waals surface area contributed by atoms with E-state index in [4.69, 9.17) is 4.42 Å². The van der Waals surface area contributed by atoms with Crippen molar-refractivity contribution in [2.24, 2.45) is 5.92 Å². The van der Waals surface area contributed by atoms with Gasteiger partial charge in [0, 0.05) is 18.5 Å². The second kappa shape index (κ2) is 6.45. The predicted molar refractivity (Wildman–Crippen MR) is 71.6 cm³/mol. The van der Waals surface area contributed by atoms with Gasteiger partial charge in [0.05, 0.1) is 0 Å². The third kappa shape index (κ3) is 5.17. The Morgan fingerprint density at radius 1 is 1.19 bits per heavy atom. The summed E-state index contributed by atoms with van der Waals surface area (Å²) in [6.07, 6.45) is 2.15. The van der Waals surface area contributed by atoms with Crippen molar-refractivity contribution in [3.63, 3.8) is 0 Å². The van der Waals surface area contributed by atoms with Gasteiger partial charge in [0.15, 0.2) is 4.67 Å². The molecule has 0 aliphatic rings. The maximum Gasteiger partial charge on any atom is 0.169 e. The first-order chi connectivity index (χ1) is 7.47. The summed E-state index contributed by atoms with van der Waals surface area (Å²) in [6.45, 7) is 8.96. The van der Waals surface area contributed by atoms with E-state index in [1.807, 2.05) is 12.1 Å². The third-order valence-corrected chi connectivity index (χ3v) is 2.96. The molecule has 2 nitrogen and oxygen atoms in total. The molecule has 0 aliphatic carbocycles. The van der Waals surface area contributed by atoms with Crippen molar-refractivity contribution in [1.82, 2.24) is 5.32 Å². The molecule has 0 saturated carbocycles. The van der Waals surface area contributed by atoms with Crippen LogP contribution in [0.3, 0.4) is 0 Å². The van der Waals surface area contributed by atoms with Gasteiger partial charge in [-0.15, -0.1) is 0 Å². The molecule has 0 radical (unpaired) electrons.